The Morgan fingerprint density at radius 3 is 2.42 bits per heavy atom. The third-order valence-electron chi connectivity index (χ3n) is 5.12. The van der Waals surface area contributed by atoms with Crippen LogP contribution in [0.2, 0.25) is 0 Å². The summed E-state index contributed by atoms with van der Waals surface area (Å²) in [4.78, 5) is 12.3. The Balaban J connectivity index is 1.74. The maximum absolute atomic E-state index is 14.2. The number of urea groups is 1. The van der Waals surface area contributed by atoms with Crippen molar-refractivity contribution in [2.45, 2.75) is 39.0 Å². The first-order valence-electron chi connectivity index (χ1n) is 10.8. The zero-order chi connectivity index (χ0) is 26.7. The number of carbonyl (C=O) groups excluding carboxylic acids is 1. The average Bonchev–Trinajstić information content (AvgIpc) is 3.21. The molecule has 13 heteroatoms. The molecule has 0 atom stereocenters. The van der Waals surface area contributed by atoms with E-state index in [9.17, 15) is 30.8 Å². The molecule has 2 amide bonds. The van der Waals surface area contributed by atoms with Crippen LogP contribution in [0.5, 0.6) is 0 Å². The molecule has 1 aromatic heterocycles. The highest BCUT2D eigenvalue weighted by Crippen LogP contribution is 2.30. The minimum atomic E-state index is -4.68. The number of amides is 2. The second-order valence-electron chi connectivity index (χ2n) is 8.39. The quantitative estimate of drug-likeness (QED) is 0.375. The molecule has 0 aliphatic rings. The summed E-state index contributed by atoms with van der Waals surface area (Å²) in [6.45, 7) is 3.35. The Morgan fingerprint density at radius 2 is 1.81 bits per heavy atom. The number of nitrogens with zero attached hydrogens (tertiary/aromatic N) is 2. The lowest BCUT2D eigenvalue weighted by molar-refractivity contribution is -0.141. The van der Waals surface area contributed by atoms with E-state index >= 15 is 0 Å². The second kappa shape index (κ2) is 10.7. The maximum atomic E-state index is 14.2. The van der Waals surface area contributed by atoms with Gasteiger partial charge in [0, 0.05) is 17.8 Å². The number of benzene rings is 2. The van der Waals surface area contributed by atoms with Crippen LogP contribution in [0, 0.1) is 5.82 Å². The molecule has 0 fully saturated rings. The molecule has 1 heterocycles. The first-order valence-corrected chi connectivity index (χ1v) is 12.7. The van der Waals surface area contributed by atoms with Crippen LogP contribution in [-0.2, 0) is 29.3 Å². The van der Waals surface area contributed by atoms with E-state index in [1.54, 1.807) is 18.2 Å². The van der Waals surface area contributed by atoms with Gasteiger partial charge in [-0.25, -0.2) is 27.0 Å². The summed E-state index contributed by atoms with van der Waals surface area (Å²) in [6.07, 6.45) is -3.74. The van der Waals surface area contributed by atoms with E-state index in [4.69, 9.17) is 0 Å². The fourth-order valence-electron chi connectivity index (χ4n) is 3.25. The van der Waals surface area contributed by atoms with E-state index in [2.05, 4.69) is 20.5 Å². The van der Waals surface area contributed by atoms with Gasteiger partial charge in [-0.05, 0) is 41.8 Å². The highest BCUT2D eigenvalue weighted by molar-refractivity contribution is 7.88. The zero-order valence-corrected chi connectivity index (χ0v) is 20.5. The van der Waals surface area contributed by atoms with E-state index in [0.717, 1.165) is 28.6 Å². The lowest BCUT2D eigenvalue weighted by Gasteiger charge is -2.12. The van der Waals surface area contributed by atoms with Gasteiger partial charge >= 0.3 is 12.2 Å². The van der Waals surface area contributed by atoms with Crippen LogP contribution < -0.4 is 15.4 Å². The maximum Gasteiger partial charge on any atom is 0.435 e. The Labute approximate surface area is 205 Å². The second-order valence-corrected chi connectivity index (χ2v) is 10.2. The predicted molar refractivity (Wildman–Crippen MR) is 127 cm³/mol. The smallest absolute Gasteiger partial charge is 0.332 e. The normalized spacial score (nSPS) is 12.1. The summed E-state index contributed by atoms with van der Waals surface area (Å²) in [6, 6.07) is 10.7. The fourth-order valence-corrected chi connectivity index (χ4v) is 3.66. The molecule has 3 aromatic rings. The Bertz CT molecular complexity index is 1350. The van der Waals surface area contributed by atoms with Gasteiger partial charge in [-0.2, -0.15) is 18.3 Å². The summed E-state index contributed by atoms with van der Waals surface area (Å²) in [5.74, 6) is -0.606. The number of alkyl halides is 3. The van der Waals surface area contributed by atoms with Crippen molar-refractivity contribution in [1.29, 1.82) is 0 Å². The topological polar surface area (TPSA) is 105 Å². The van der Waals surface area contributed by atoms with Gasteiger partial charge in [0.2, 0.25) is 10.0 Å². The van der Waals surface area contributed by atoms with Crippen molar-refractivity contribution >= 4 is 21.7 Å². The van der Waals surface area contributed by atoms with Crippen LogP contribution in [0.1, 0.15) is 42.3 Å². The standard InChI is InChI=1S/C23H25F4N5O3S/c1-14(2)15-5-4-6-18(9-15)32-19(11-21(31-32)23(25,26)27)13-28-22(33)30-17-8-7-16(20(24)10-17)12-29-36(3,34)35/h4-11,14,29H,12-13H2,1-3H3,(H2,28,30,33). The molecule has 36 heavy (non-hydrogen) atoms. The number of hydrogen-bond donors (Lipinski definition) is 3. The lowest BCUT2D eigenvalue weighted by atomic mass is 10.0. The van der Waals surface area contributed by atoms with E-state index in [-0.39, 0.29) is 36.0 Å². The molecule has 0 bridgehead atoms. The number of aromatic nitrogens is 2. The highest BCUT2D eigenvalue weighted by atomic mass is 32.2. The van der Waals surface area contributed by atoms with Crippen molar-refractivity contribution in [3.63, 3.8) is 0 Å². The highest BCUT2D eigenvalue weighted by Gasteiger charge is 2.35. The van der Waals surface area contributed by atoms with E-state index in [1.807, 2.05) is 19.9 Å². The lowest BCUT2D eigenvalue weighted by Crippen LogP contribution is -2.29. The van der Waals surface area contributed by atoms with Crippen LogP contribution in [0.4, 0.5) is 28.0 Å². The summed E-state index contributed by atoms with van der Waals surface area (Å²) in [5, 5.41) is 8.53. The van der Waals surface area contributed by atoms with Crippen molar-refractivity contribution < 1.29 is 30.8 Å². The molecule has 0 radical (unpaired) electrons. The van der Waals surface area contributed by atoms with Crippen molar-refractivity contribution in [3.05, 3.63) is 76.9 Å². The van der Waals surface area contributed by atoms with Gasteiger partial charge in [0.05, 0.1) is 24.2 Å². The number of hydrogen-bond acceptors (Lipinski definition) is 4. The molecule has 0 saturated carbocycles. The Kier molecular flexibility index (Phi) is 8.04. The number of halogens is 4. The first-order chi connectivity index (χ1) is 16.7. The number of rotatable bonds is 8. The van der Waals surface area contributed by atoms with Crippen LogP contribution >= 0.6 is 0 Å². The Morgan fingerprint density at radius 1 is 1.08 bits per heavy atom. The predicted octanol–water partition coefficient (Wildman–Crippen LogP) is 4.52. The Hall–Kier alpha value is -3.45. The molecule has 0 aliphatic heterocycles. The number of nitrogens with one attached hydrogen (secondary N) is 3. The molecule has 2 aromatic carbocycles. The summed E-state index contributed by atoms with van der Waals surface area (Å²) >= 11 is 0. The van der Waals surface area contributed by atoms with Gasteiger partial charge in [0.15, 0.2) is 5.69 Å². The van der Waals surface area contributed by atoms with Crippen molar-refractivity contribution in [3.8, 4) is 5.69 Å². The SMILES string of the molecule is CC(C)c1cccc(-n2nc(C(F)(F)F)cc2CNC(=O)Nc2ccc(CNS(C)(=O)=O)c(F)c2)c1. The summed E-state index contributed by atoms with van der Waals surface area (Å²) in [7, 11) is -3.51. The molecule has 3 rings (SSSR count). The van der Waals surface area contributed by atoms with Crippen LogP contribution in [-0.4, -0.2) is 30.5 Å². The van der Waals surface area contributed by atoms with Gasteiger partial charge in [-0.1, -0.05) is 32.0 Å². The average molecular weight is 528 g/mol. The molecule has 8 nitrogen and oxygen atoms in total. The summed E-state index contributed by atoms with van der Waals surface area (Å²) in [5.41, 5.74) is 0.447. The number of anilines is 1. The molecule has 0 saturated heterocycles. The molecule has 3 N–H and O–H groups in total. The largest absolute Gasteiger partial charge is 0.435 e. The van der Waals surface area contributed by atoms with E-state index in [0.29, 0.717) is 5.69 Å². The minimum absolute atomic E-state index is 0.0681. The zero-order valence-electron chi connectivity index (χ0n) is 19.6. The van der Waals surface area contributed by atoms with Gasteiger partial charge in [0.25, 0.3) is 0 Å². The first kappa shape index (κ1) is 27.1. The van der Waals surface area contributed by atoms with Crippen molar-refractivity contribution in [1.82, 2.24) is 19.8 Å². The molecule has 0 aliphatic carbocycles. The molecule has 0 unspecified atom stereocenters. The van der Waals surface area contributed by atoms with Crippen LogP contribution in [0.15, 0.2) is 48.5 Å². The van der Waals surface area contributed by atoms with Gasteiger partial charge in [-0.15, -0.1) is 0 Å². The van der Waals surface area contributed by atoms with Gasteiger partial charge < -0.3 is 10.6 Å². The minimum Gasteiger partial charge on any atom is -0.332 e. The monoisotopic (exact) mass is 527 g/mol. The molecular weight excluding hydrogens is 502 g/mol. The van der Waals surface area contributed by atoms with Crippen molar-refractivity contribution in [2.24, 2.45) is 0 Å². The third-order valence-corrected chi connectivity index (χ3v) is 5.79. The van der Waals surface area contributed by atoms with Crippen LogP contribution in [0.25, 0.3) is 5.69 Å². The summed E-state index contributed by atoms with van der Waals surface area (Å²) < 4.78 is 79.9. The molecule has 194 valence electrons. The fraction of sp³-hybridized carbons (Fsp3) is 0.304. The van der Waals surface area contributed by atoms with Crippen LogP contribution in [0.3, 0.4) is 0 Å². The molecular formula is C23H25F4N5O3S. The van der Waals surface area contributed by atoms with Gasteiger partial charge in [0.1, 0.15) is 5.82 Å². The number of carbonyl (C=O) groups is 1. The van der Waals surface area contributed by atoms with Crippen molar-refractivity contribution in [2.75, 3.05) is 11.6 Å². The van der Waals surface area contributed by atoms with E-state index < -0.39 is 33.7 Å². The van der Waals surface area contributed by atoms with Gasteiger partial charge in [-0.3, -0.25) is 0 Å². The van der Waals surface area contributed by atoms with E-state index in [1.165, 1.54) is 12.1 Å². The molecule has 0 spiro atoms. The number of sulfonamides is 1. The third kappa shape index (κ3) is 7.28.